The van der Waals surface area contributed by atoms with Crippen LogP contribution in [0.5, 0.6) is 0 Å². The number of alkyl carbamates (subject to hydrolysis) is 2. The van der Waals surface area contributed by atoms with E-state index in [4.69, 9.17) is 9.47 Å². The quantitative estimate of drug-likeness (QED) is 0.0971. The first-order chi connectivity index (χ1) is 25.9. The van der Waals surface area contributed by atoms with Gasteiger partial charge in [0.2, 0.25) is 17.7 Å². The molecule has 0 saturated carbocycles. The van der Waals surface area contributed by atoms with Crippen molar-refractivity contribution in [2.45, 2.75) is 128 Å². The predicted molar refractivity (Wildman–Crippen MR) is 205 cm³/mol. The average molecular weight is 772 g/mol. The number of ether oxygens (including phenoxy) is 2. The number of alkyl halides is 1. The summed E-state index contributed by atoms with van der Waals surface area (Å²) in [5.74, 6) is -3.51. The highest BCUT2D eigenvalue weighted by Gasteiger charge is 2.32. The number of hydrogen-bond donors (Lipinski definition) is 6. The Morgan fingerprint density at radius 3 is 1.49 bits per heavy atom. The smallest absolute Gasteiger partial charge is 0.408 e. The summed E-state index contributed by atoms with van der Waals surface area (Å²) in [6, 6.07) is 12.9. The molecule has 6 N–H and O–H groups in total. The second-order valence-electron chi connectivity index (χ2n) is 15.2. The fourth-order valence-electron chi connectivity index (χ4n) is 5.33. The Hall–Kier alpha value is -5.21. The zero-order valence-corrected chi connectivity index (χ0v) is 32.7. The first kappa shape index (κ1) is 45.9. The number of rotatable bonds is 21. The standard InChI is InChI=1S/C40H58FN5O9/c1-39(2,3)54-37(52)42-24-16-14-22-30(36(50)51)44-33(47)29(21-13-15-23-41)43-34(48)31(25-27-17-9-7-10-18-27)45-35(49)32(26-28-19-11-8-12-20-28)46-38(53)55-40(4,5)6/h7-12,17-20,29-32H,13-16,21-26H2,1-6H3,(H,42,52)(H,43,48)(H,44,47)(H,45,49)(H,46,53)(H,50,51)/t29?,30-,31-,32-/m1/s1. The average Bonchev–Trinajstić information content (AvgIpc) is 3.09. The van der Waals surface area contributed by atoms with E-state index in [1.54, 1.807) is 96.1 Å². The van der Waals surface area contributed by atoms with Crippen LogP contribution < -0.4 is 26.6 Å². The molecule has 5 amide bonds. The summed E-state index contributed by atoms with van der Waals surface area (Å²) in [5.41, 5.74) is -0.0901. The van der Waals surface area contributed by atoms with Gasteiger partial charge in [0, 0.05) is 19.4 Å². The van der Waals surface area contributed by atoms with Gasteiger partial charge in [-0.15, -0.1) is 0 Å². The van der Waals surface area contributed by atoms with E-state index in [-0.39, 0.29) is 45.1 Å². The van der Waals surface area contributed by atoms with Crippen LogP contribution in [-0.2, 0) is 41.5 Å². The maximum absolute atomic E-state index is 14.0. The molecule has 0 spiro atoms. The summed E-state index contributed by atoms with van der Waals surface area (Å²) in [7, 11) is 0. The minimum absolute atomic E-state index is 0.00350. The molecule has 2 aromatic rings. The van der Waals surface area contributed by atoms with Crippen LogP contribution in [-0.4, -0.2) is 89.6 Å². The van der Waals surface area contributed by atoms with Gasteiger partial charge in [0.15, 0.2) is 0 Å². The number of carboxylic acid groups (broad SMARTS) is 1. The van der Waals surface area contributed by atoms with E-state index >= 15 is 0 Å². The molecular weight excluding hydrogens is 713 g/mol. The molecule has 55 heavy (non-hydrogen) atoms. The highest BCUT2D eigenvalue weighted by molar-refractivity contribution is 5.95. The van der Waals surface area contributed by atoms with Crippen LogP contribution in [0.4, 0.5) is 14.0 Å². The summed E-state index contributed by atoms with van der Waals surface area (Å²) >= 11 is 0. The summed E-state index contributed by atoms with van der Waals surface area (Å²) in [5, 5.41) is 23.0. The number of carbonyl (C=O) groups excluding carboxylic acids is 5. The predicted octanol–water partition coefficient (Wildman–Crippen LogP) is 4.74. The SMILES string of the molecule is CC(C)(C)OC(=O)NCCCC[C@@H](NC(=O)C(CCCCF)NC(=O)[C@@H](Cc1ccccc1)NC(=O)[C@@H](Cc1ccccc1)NC(=O)OC(C)(C)C)C(=O)O. The van der Waals surface area contributed by atoms with Crippen molar-refractivity contribution >= 4 is 35.9 Å². The van der Waals surface area contributed by atoms with Gasteiger partial charge >= 0.3 is 18.2 Å². The molecule has 0 radical (unpaired) electrons. The van der Waals surface area contributed by atoms with E-state index in [0.29, 0.717) is 18.4 Å². The van der Waals surface area contributed by atoms with Gasteiger partial charge in [-0.1, -0.05) is 60.7 Å². The maximum Gasteiger partial charge on any atom is 0.408 e. The molecule has 1 unspecified atom stereocenters. The lowest BCUT2D eigenvalue weighted by molar-refractivity contribution is -0.142. The molecule has 0 aliphatic carbocycles. The minimum atomic E-state index is -1.31. The molecule has 2 aromatic carbocycles. The molecular formula is C40H58FN5O9. The number of carbonyl (C=O) groups is 6. The third-order valence-corrected chi connectivity index (χ3v) is 7.92. The second-order valence-corrected chi connectivity index (χ2v) is 15.2. The highest BCUT2D eigenvalue weighted by atomic mass is 19.1. The summed E-state index contributed by atoms with van der Waals surface area (Å²) in [6.07, 6.45) is -0.266. The Bertz CT molecular complexity index is 1530. The molecule has 0 fully saturated rings. The van der Waals surface area contributed by atoms with E-state index in [0.717, 1.165) is 5.56 Å². The summed E-state index contributed by atoms with van der Waals surface area (Å²) in [6.45, 7) is 9.82. The van der Waals surface area contributed by atoms with Crippen LogP contribution in [0.3, 0.4) is 0 Å². The number of benzene rings is 2. The highest BCUT2D eigenvalue weighted by Crippen LogP contribution is 2.12. The molecule has 2 rings (SSSR count). The third kappa shape index (κ3) is 19.6. The van der Waals surface area contributed by atoms with E-state index in [9.17, 15) is 38.3 Å². The van der Waals surface area contributed by atoms with Crippen molar-refractivity contribution in [3.63, 3.8) is 0 Å². The van der Waals surface area contributed by atoms with Gasteiger partial charge < -0.3 is 41.2 Å². The van der Waals surface area contributed by atoms with Gasteiger partial charge in [0.05, 0.1) is 6.67 Å². The lowest BCUT2D eigenvalue weighted by atomic mass is 10.0. The van der Waals surface area contributed by atoms with Crippen LogP contribution in [0, 0.1) is 0 Å². The van der Waals surface area contributed by atoms with Gasteiger partial charge in [-0.05, 0) is 91.2 Å². The molecule has 304 valence electrons. The topological polar surface area (TPSA) is 201 Å². The van der Waals surface area contributed by atoms with Crippen molar-refractivity contribution in [2.24, 2.45) is 0 Å². The number of amides is 5. The molecule has 0 heterocycles. The normalized spacial score (nSPS) is 13.6. The van der Waals surface area contributed by atoms with Gasteiger partial charge in [-0.2, -0.15) is 0 Å². The van der Waals surface area contributed by atoms with Crippen molar-refractivity contribution in [3.8, 4) is 0 Å². The minimum Gasteiger partial charge on any atom is -0.480 e. The van der Waals surface area contributed by atoms with E-state index in [1.165, 1.54) is 0 Å². The van der Waals surface area contributed by atoms with Crippen LogP contribution in [0.1, 0.15) is 91.2 Å². The lowest BCUT2D eigenvalue weighted by Crippen LogP contribution is -2.58. The number of carboxylic acids is 1. The number of nitrogens with one attached hydrogen (secondary N) is 5. The molecule has 0 bridgehead atoms. The lowest BCUT2D eigenvalue weighted by Gasteiger charge is -2.27. The molecule has 0 saturated heterocycles. The van der Waals surface area contributed by atoms with Crippen molar-refractivity contribution in [3.05, 3.63) is 71.8 Å². The van der Waals surface area contributed by atoms with Crippen LogP contribution >= 0.6 is 0 Å². The van der Waals surface area contributed by atoms with Crippen LogP contribution in [0.15, 0.2) is 60.7 Å². The zero-order valence-electron chi connectivity index (χ0n) is 32.7. The van der Waals surface area contributed by atoms with E-state index < -0.39 is 77.9 Å². The van der Waals surface area contributed by atoms with Crippen molar-refractivity contribution in [2.75, 3.05) is 13.2 Å². The second kappa shape index (κ2) is 22.9. The number of aliphatic carboxylic acids is 1. The summed E-state index contributed by atoms with van der Waals surface area (Å²) < 4.78 is 23.7. The van der Waals surface area contributed by atoms with Crippen molar-refractivity contribution < 1.29 is 47.7 Å². The molecule has 4 atom stereocenters. The Balaban J connectivity index is 2.25. The monoisotopic (exact) mass is 771 g/mol. The van der Waals surface area contributed by atoms with Crippen molar-refractivity contribution in [1.82, 2.24) is 26.6 Å². The van der Waals surface area contributed by atoms with Crippen molar-refractivity contribution in [1.29, 1.82) is 0 Å². The Labute approximate surface area is 323 Å². The Morgan fingerprint density at radius 1 is 0.582 bits per heavy atom. The Morgan fingerprint density at radius 2 is 1.00 bits per heavy atom. The van der Waals surface area contributed by atoms with E-state index in [1.807, 2.05) is 6.07 Å². The number of hydrogen-bond acceptors (Lipinski definition) is 8. The molecule has 0 aliphatic heterocycles. The zero-order chi connectivity index (χ0) is 41.0. The number of halogens is 1. The molecule has 0 aromatic heterocycles. The number of unbranched alkanes of at least 4 members (excludes halogenated alkanes) is 2. The Kier molecular flexibility index (Phi) is 19.1. The fourth-order valence-corrected chi connectivity index (χ4v) is 5.33. The molecule has 14 nitrogen and oxygen atoms in total. The van der Waals surface area contributed by atoms with Gasteiger partial charge in [-0.3, -0.25) is 18.8 Å². The fraction of sp³-hybridized carbons (Fsp3) is 0.550. The van der Waals surface area contributed by atoms with Crippen LogP contribution in [0.2, 0.25) is 0 Å². The van der Waals surface area contributed by atoms with Gasteiger partial charge in [0.1, 0.15) is 35.4 Å². The third-order valence-electron chi connectivity index (χ3n) is 7.92. The first-order valence-electron chi connectivity index (χ1n) is 18.6. The summed E-state index contributed by atoms with van der Waals surface area (Å²) in [4.78, 5) is 78.2. The first-order valence-corrected chi connectivity index (χ1v) is 18.6. The molecule has 0 aliphatic rings. The van der Waals surface area contributed by atoms with Gasteiger partial charge in [0.25, 0.3) is 0 Å². The maximum atomic E-state index is 14.0. The van der Waals surface area contributed by atoms with E-state index in [2.05, 4.69) is 26.6 Å². The molecule has 15 heteroatoms. The largest absolute Gasteiger partial charge is 0.480 e. The van der Waals surface area contributed by atoms with Gasteiger partial charge in [-0.25, -0.2) is 14.4 Å². The van der Waals surface area contributed by atoms with Crippen LogP contribution in [0.25, 0.3) is 0 Å².